The summed E-state index contributed by atoms with van der Waals surface area (Å²) < 4.78 is 22.3. The maximum Gasteiger partial charge on any atom is 0.414 e. The molecule has 2 aromatic carbocycles. The molecule has 1 atom stereocenters. The molecule has 1 aliphatic rings. The van der Waals surface area contributed by atoms with Crippen molar-refractivity contribution >= 4 is 17.7 Å². The fraction of sp³-hybridized carbons (Fsp3) is 0.269. The van der Waals surface area contributed by atoms with Crippen LogP contribution in [0.25, 0.3) is 11.1 Å². The third-order valence-corrected chi connectivity index (χ3v) is 5.57. The molecule has 170 valence electrons. The van der Waals surface area contributed by atoms with Crippen molar-refractivity contribution in [3.05, 3.63) is 83.4 Å². The zero-order valence-corrected chi connectivity index (χ0v) is 19.0. The summed E-state index contributed by atoms with van der Waals surface area (Å²) in [6, 6.07) is 15.0. The van der Waals surface area contributed by atoms with Gasteiger partial charge in [-0.1, -0.05) is 17.2 Å². The van der Waals surface area contributed by atoms with Crippen LogP contribution in [-0.4, -0.2) is 31.2 Å². The van der Waals surface area contributed by atoms with Crippen molar-refractivity contribution in [1.82, 2.24) is 5.32 Å². The zero-order valence-electron chi connectivity index (χ0n) is 19.0. The van der Waals surface area contributed by atoms with E-state index in [1.165, 1.54) is 34.6 Å². The summed E-state index contributed by atoms with van der Waals surface area (Å²) in [7, 11) is 0. The van der Waals surface area contributed by atoms with E-state index in [4.69, 9.17) is 4.74 Å². The number of carbonyl (C=O) groups excluding carboxylic acids is 2. The zero-order chi connectivity index (χ0) is 23.5. The summed E-state index contributed by atoms with van der Waals surface area (Å²) in [4.78, 5) is 24.6. The highest BCUT2D eigenvalue weighted by molar-refractivity contribution is 5.90. The Morgan fingerprint density at radius 3 is 2.45 bits per heavy atom. The molecular weight excluding hydrogens is 421 g/mol. The number of hydrogen-bond donors (Lipinski definition) is 1. The number of aromatic nitrogens is 1. The van der Waals surface area contributed by atoms with Crippen LogP contribution in [0.2, 0.25) is 0 Å². The molecule has 0 unspecified atom stereocenters. The molecule has 0 radical (unpaired) electrons. The Hall–Kier alpha value is -3.74. The summed E-state index contributed by atoms with van der Waals surface area (Å²) in [5, 5.41) is 2.63. The van der Waals surface area contributed by atoms with Gasteiger partial charge < -0.3 is 10.1 Å². The molecule has 7 heteroatoms. The van der Waals surface area contributed by atoms with Crippen molar-refractivity contribution < 1.29 is 23.3 Å². The predicted octanol–water partition coefficient (Wildman–Crippen LogP) is 3.91. The molecule has 0 saturated carbocycles. The molecule has 1 aliphatic heterocycles. The van der Waals surface area contributed by atoms with Crippen molar-refractivity contribution in [2.45, 2.75) is 33.4 Å². The molecule has 6 nitrogen and oxygen atoms in total. The molecule has 1 saturated heterocycles. The van der Waals surface area contributed by atoms with Gasteiger partial charge in [0.25, 0.3) is 0 Å². The molecule has 2 heterocycles. The lowest BCUT2D eigenvalue weighted by Gasteiger charge is -2.14. The van der Waals surface area contributed by atoms with Gasteiger partial charge in [0.05, 0.1) is 18.8 Å². The van der Waals surface area contributed by atoms with E-state index < -0.39 is 18.0 Å². The Morgan fingerprint density at radius 2 is 1.82 bits per heavy atom. The van der Waals surface area contributed by atoms with Crippen LogP contribution in [0.4, 0.5) is 14.9 Å². The molecule has 4 rings (SSSR count). The van der Waals surface area contributed by atoms with E-state index in [0.29, 0.717) is 11.3 Å². The van der Waals surface area contributed by atoms with Crippen molar-refractivity contribution in [3.8, 4) is 11.1 Å². The topological polar surface area (TPSA) is 62.5 Å². The minimum absolute atomic E-state index is 0.196. The minimum atomic E-state index is -0.551. The second kappa shape index (κ2) is 9.40. The van der Waals surface area contributed by atoms with Crippen LogP contribution < -0.4 is 14.8 Å². The fourth-order valence-corrected chi connectivity index (χ4v) is 4.12. The molecule has 0 spiro atoms. The summed E-state index contributed by atoms with van der Waals surface area (Å²) >= 11 is 0. The van der Waals surface area contributed by atoms with Crippen LogP contribution >= 0.6 is 0 Å². The van der Waals surface area contributed by atoms with Crippen LogP contribution in [0.5, 0.6) is 0 Å². The van der Waals surface area contributed by atoms with Crippen molar-refractivity contribution in [2.24, 2.45) is 0 Å². The average molecular weight is 449 g/mol. The fourth-order valence-electron chi connectivity index (χ4n) is 4.12. The summed E-state index contributed by atoms with van der Waals surface area (Å²) in [6.45, 7) is 6.79. The first-order chi connectivity index (χ1) is 15.8. The summed E-state index contributed by atoms with van der Waals surface area (Å²) in [5.41, 5.74) is 5.31. The van der Waals surface area contributed by atoms with E-state index in [9.17, 15) is 14.0 Å². The SMILES string of the molecule is CC(=O)NC[C@H]1CN(c2ccc(-c3cc[n+](Cc4cc(C)cc(C)c4)cc3)c(F)c2)C(=O)O1. The minimum Gasteiger partial charge on any atom is -0.442 e. The molecule has 1 fully saturated rings. The average Bonchev–Trinajstić information content (AvgIpc) is 3.13. The van der Waals surface area contributed by atoms with E-state index in [1.807, 2.05) is 24.5 Å². The lowest BCUT2D eigenvalue weighted by atomic mass is 10.1. The van der Waals surface area contributed by atoms with E-state index in [1.54, 1.807) is 12.1 Å². The Kier molecular flexibility index (Phi) is 6.40. The van der Waals surface area contributed by atoms with Crippen LogP contribution in [0, 0.1) is 19.7 Å². The van der Waals surface area contributed by atoms with Gasteiger partial charge in [0.1, 0.15) is 11.9 Å². The van der Waals surface area contributed by atoms with Gasteiger partial charge in [0, 0.05) is 30.2 Å². The predicted molar refractivity (Wildman–Crippen MR) is 123 cm³/mol. The first kappa shape index (κ1) is 22.5. The van der Waals surface area contributed by atoms with Gasteiger partial charge in [-0.05, 0) is 49.7 Å². The number of aryl methyl sites for hydroxylation is 2. The van der Waals surface area contributed by atoms with Crippen LogP contribution in [0.1, 0.15) is 23.6 Å². The van der Waals surface area contributed by atoms with E-state index in [0.717, 1.165) is 12.1 Å². The lowest BCUT2D eigenvalue weighted by Crippen LogP contribution is -2.33. The maximum atomic E-state index is 15.0. The standard InChI is InChI=1S/C26H26FN3O3/c1-17-10-18(2)12-20(11-17)15-29-8-6-21(7-9-29)24-5-4-22(13-25(24)27)30-16-23(33-26(30)32)14-28-19(3)31/h4-13,23H,14-16H2,1-3H3/p+1/t23-/m0/s1. The molecule has 1 aromatic heterocycles. The normalized spacial score (nSPS) is 15.5. The van der Waals surface area contributed by atoms with Crippen molar-refractivity contribution in [3.63, 3.8) is 0 Å². The third kappa shape index (κ3) is 5.37. The van der Waals surface area contributed by atoms with Gasteiger partial charge in [0.2, 0.25) is 5.91 Å². The van der Waals surface area contributed by atoms with Crippen molar-refractivity contribution in [1.29, 1.82) is 0 Å². The Bertz CT molecular complexity index is 1170. The number of pyridine rings is 1. The van der Waals surface area contributed by atoms with Gasteiger partial charge in [-0.15, -0.1) is 0 Å². The number of benzene rings is 2. The lowest BCUT2D eigenvalue weighted by molar-refractivity contribution is -0.688. The van der Waals surface area contributed by atoms with Gasteiger partial charge in [-0.25, -0.2) is 13.8 Å². The quantitative estimate of drug-likeness (QED) is 0.582. The smallest absolute Gasteiger partial charge is 0.414 e. The highest BCUT2D eigenvalue weighted by Crippen LogP contribution is 2.28. The first-order valence-electron chi connectivity index (χ1n) is 10.9. The highest BCUT2D eigenvalue weighted by atomic mass is 19.1. The molecular formula is C26H27FN3O3+. The number of ether oxygens (including phenoxy) is 1. The number of amides is 2. The summed E-state index contributed by atoms with van der Waals surface area (Å²) in [5.74, 6) is -0.615. The molecule has 3 aromatic rings. The third-order valence-electron chi connectivity index (χ3n) is 5.57. The second-order valence-electron chi connectivity index (χ2n) is 8.47. The molecule has 0 aliphatic carbocycles. The summed E-state index contributed by atoms with van der Waals surface area (Å²) in [6.07, 6.45) is 2.85. The van der Waals surface area contributed by atoms with Gasteiger partial charge in [0.15, 0.2) is 18.9 Å². The number of cyclic esters (lactones) is 1. The number of rotatable bonds is 6. The molecule has 2 amide bonds. The van der Waals surface area contributed by atoms with Gasteiger partial charge >= 0.3 is 6.09 Å². The van der Waals surface area contributed by atoms with E-state index in [2.05, 4.69) is 41.9 Å². The Labute approximate surface area is 192 Å². The first-order valence-corrected chi connectivity index (χ1v) is 10.9. The maximum absolute atomic E-state index is 15.0. The highest BCUT2D eigenvalue weighted by Gasteiger charge is 2.32. The van der Waals surface area contributed by atoms with E-state index >= 15 is 0 Å². The van der Waals surface area contributed by atoms with Crippen LogP contribution in [-0.2, 0) is 16.1 Å². The van der Waals surface area contributed by atoms with Gasteiger partial charge in [-0.3, -0.25) is 9.69 Å². The van der Waals surface area contributed by atoms with Crippen LogP contribution in [0.15, 0.2) is 60.9 Å². The largest absolute Gasteiger partial charge is 0.442 e. The van der Waals surface area contributed by atoms with Gasteiger partial charge in [-0.2, -0.15) is 0 Å². The number of hydrogen-bond acceptors (Lipinski definition) is 3. The number of anilines is 1. The molecule has 0 bridgehead atoms. The molecule has 33 heavy (non-hydrogen) atoms. The Morgan fingerprint density at radius 1 is 1.12 bits per heavy atom. The Balaban J connectivity index is 1.47. The number of carbonyl (C=O) groups is 2. The number of nitrogens with one attached hydrogen (secondary N) is 1. The van der Waals surface area contributed by atoms with Crippen LogP contribution in [0.3, 0.4) is 0 Å². The monoisotopic (exact) mass is 448 g/mol. The second-order valence-corrected chi connectivity index (χ2v) is 8.47. The number of nitrogens with zero attached hydrogens (tertiary/aromatic N) is 2. The van der Waals surface area contributed by atoms with E-state index in [-0.39, 0.29) is 19.0 Å². The number of halogens is 1. The molecule has 1 N–H and O–H groups in total. The van der Waals surface area contributed by atoms with Crippen molar-refractivity contribution in [2.75, 3.05) is 18.0 Å².